The number of aromatic nitrogens is 2. The lowest BCUT2D eigenvalue weighted by molar-refractivity contribution is 0.575. The van der Waals surface area contributed by atoms with Crippen molar-refractivity contribution in [3.05, 3.63) is 68.5 Å². The van der Waals surface area contributed by atoms with E-state index in [4.69, 9.17) is 0 Å². The molecule has 0 radical (unpaired) electrons. The molecule has 1 aromatic carbocycles. The van der Waals surface area contributed by atoms with Gasteiger partial charge in [-0.05, 0) is 17.7 Å². The van der Waals surface area contributed by atoms with Gasteiger partial charge < -0.3 is 4.98 Å². The van der Waals surface area contributed by atoms with Gasteiger partial charge in [0.1, 0.15) is 11.6 Å². The number of aromatic amines is 1. The van der Waals surface area contributed by atoms with Crippen molar-refractivity contribution in [1.82, 2.24) is 9.55 Å². The summed E-state index contributed by atoms with van der Waals surface area (Å²) < 4.78 is 26.7. The number of rotatable bonds is 2. The Balaban J connectivity index is 2.45. The smallest absolute Gasteiger partial charge is 0.314 e. The van der Waals surface area contributed by atoms with Crippen LogP contribution in [0.25, 0.3) is 0 Å². The normalized spacial score (nSPS) is 10.5. The van der Waals surface area contributed by atoms with Crippen molar-refractivity contribution >= 4 is 0 Å². The van der Waals surface area contributed by atoms with E-state index in [0.717, 1.165) is 28.8 Å². The Morgan fingerprint density at radius 1 is 1.12 bits per heavy atom. The van der Waals surface area contributed by atoms with Gasteiger partial charge in [-0.25, -0.2) is 13.6 Å². The Bertz CT molecular complexity index is 613. The highest BCUT2D eigenvalue weighted by molar-refractivity contribution is 5.18. The third-order valence-corrected chi connectivity index (χ3v) is 2.21. The summed E-state index contributed by atoms with van der Waals surface area (Å²) in [4.78, 5) is 25.0. The van der Waals surface area contributed by atoms with Gasteiger partial charge in [0, 0.05) is 18.3 Å². The first-order valence-corrected chi connectivity index (χ1v) is 4.80. The molecule has 17 heavy (non-hydrogen) atoms. The lowest BCUT2D eigenvalue weighted by Crippen LogP contribution is -2.34. The number of benzene rings is 1. The first-order valence-electron chi connectivity index (χ1n) is 4.80. The Morgan fingerprint density at radius 2 is 1.76 bits per heavy atom. The molecule has 88 valence electrons. The zero-order valence-electron chi connectivity index (χ0n) is 8.61. The number of nitrogens with zero attached hydrogens (tertiary/aromatic N) is 1. The standard InChI is InChI=1S/C11H8F2N2O2/c12-8-3-7(4-9(13)5-8)6-15-10(16)1-2-14-11(15)17/h1-5H,6H2,(H,14,17). The zero-order valence-corrected chi connectivity index (χ0v) is 8.61. The SMILES string of the molecule is O=c1cc[nH]c(=O)n1Cc1cc(F)cc(F)c1. The van der Waals surface area contributed by atoms with E-state index in [2.05, 4.69) is 4.98 Å². The van der Waals surface area contributed by atoms with Crippen LogP contribution in [0.4, 0.5) is 8.78 Å². The summed E-state index contributed by atoms with van der Waals surface area (Å²) in [5, 5.41) is 0. The molecule has 0 saturated heterocycles. The van der Waals surface area contributed by atoms with Crippen molar-refractivity contribution < 1.29 is 8.78 Å². The molecule has 0 aliphatic heterocycles. The minimum absolute atomic E-state index is 0.177. The molecule has 0 saturated carbocycles. The number of hydrogen-bond donors (Lipinski definition) is 1. The molecule has 0 aliphatic rings. The van der Waals surface area contributed by atoms with E-state index in [-0.39, 0.29) is 12.1 Å². The van der Waals surface area contributed by atoms with Crippen molar-refractivity contribution in [3.8, 4) is 0 Å². The molecule has 2 rings (SSSR count). The van der Waals surface area contributed by atoms with E-state index < -0.39 is 22.9 Å². The second-order valence-electron chi connectivity index (χ2n) is 3.48. The average molecular weight is 238 g/mol. The maximum atomic E-state index is 12.9. The molecule has 6 heteroatoms. The van der Waals surface area contributed by atoms with Crippen molar-refractivity contribution in [2.75, 3.05) is 0 Å². The number of H-pyrrole nitrogens is 1. The predicted octanol–water partition coefficient (Wildman–Crippen LogP) is 0.863. The molecule has 0 bridgehead atoms. The van der Waals surface area contributed by atoms with Crippen LogP contribution in [-0.2, 0) is 6.54 Å². The quantitative estimate of drug-likeness (QED) is 0.843. The third kappa shape index (κ3) is 2.47. The molecule has 2 aromatic rings. The van der Waals surface area contributed by atoms with Crippen molar-refractivity contribution in [3.63, 3.8) is 0 Å². The van der Waals surface area contributed by atoms with Crippen molar-refractivity contribution in [2.45, 2.75) is 6.54 Å². The van der Waals surface area contributed by atoms with E-state index in [9.17, 15) is 18.4 Å². The van der Waals surface area contributed by atoms with Crippen LogP contribution in [0, 0.1) is 11.6 Å². The van der Waals surface area contributed by atoms with Gasteiger partial charge in [0.05, 0.1) is 6.54 Å². The van der Waals surface area contributed by atoms with Crippen LogP contribution in [0.1, 0.15) is 5.56 Å². The maximum Gasteiger partial charge on any atom is 0.328 e. The molecule has 0 unspecified atom stereocenters. The summed E-state index contributed by atoms with van der Waals surface area (Å²) in [6.07, 6.45) is 1.22. The highest BCUT2D eigenvalue weighted by Crippen LogP contribution is 2.08. The molecule has 0 amide bonds. The van der Waals surface area contributed by atoms with Gasteiger partial charge in [-0.15, -0.1) is 0 Å². The van der Waals surface area contributed by atoms with Crippen LogP contribution >= 0.6 is 0 Å². The van der Waals surface area contributed by atoms with Crippen LogP contribution in [0.2, 0.25) is 0 Å². The summed E-state index contributed by atoms with van der Waals surface area (Å²) in [7, 11) is 0. The summed E-state index contributed by atoms with van der Waals surface area (Å²) in [6, 6.07) is 4.03. The number of nitrogens with one attached hydrogen (secondary N) is 1. The van der Waals surface area contributed by atoms with Gasteiger partial charge in [-0.1, -0.05) is 0 Å². The molecule has 4 nitrogen and oxygen atoms in total. The summed E-state index contributed by atoms with van der Waals surface area (Å²) >= 11 is 0. The van der Waals surface area contributed by atoms with E-state index in [1.165, 1.54) is 6.20 Å². The Hall–Kier alpha value is -2.24. The van der Waals surface area contributed by atoms with Crippen LogP contribution in [0.5, 0.6) is 0 Å². The van der Waals surface area contributed by atoms with Crippen molar-refractivity contribution in [1.29, 1.82) is 0 Å². The Morgan fingerprint density at radius 3 is 2.35 bits per heavy atom. The molecule has 0 aliphatic carbocycles. The monoisotopic (exact) mass is 238 g/mol. The molecular formula is C11H8F2N2O2. The maximum absolute atomic E-state index is 12.9. The van der Waals surface area contributed by atoms with Crippen LogP contribution in [0.15, 0.2) is 40.1 Å². The van der Waals surface area contributed by atoms with Crippen LogP contribution < -0.4 is 11.2 Å². The molecule has 0 fully saturated rings. The molecule has 1 heterocycles. The van der Waals surface area contributed by atoms with Gasteiger partial charge in [-0.3, -0.25) is 9.36 Å². The fraction of sp³-hybridized carbons (Fsp3) is 0.0909. The minimum Gasteiger partial charge on any atom is -0.314 e. The lowest BCUT2D eigenvalue weighted by Gasteiger charge is -2.04. The van der Waals surface area contributed by atoms with Crippen LogP contribution in [0.3, 0.4) is 0 Å². The van der Waals surface area contributed by atoms with Gasteiger partial charge in [0.25, 0.3) is 5.56 Å². The summed E-state index contributed by atoms with van der Waals surface area (Å²) in [6.45, 7) is -0.177. The largest absolute Gasteiger partial charge is 0.328 e. The summed E-state index contributed by atoms with van der Waals surface area (Å²) in [5.41, 5.74) is -0.943. The topological polar surface area (TPSA) is 54.9 Å². The second-order valence-corrected chi connectivity index (χ2v) is 3.48. The minimum atomic E-state index is -0.750. The van der Waals surface area contributed by atoms with Gasteiger partial charge in [-0.2, -0.15) is 0 Å². The fourth-order valence-corrected chi connectivity index (χ4v) is 1.49. The van der Waals surface area contributed by atoms with E-state index in [1.54, 1.807) is 0 Å². The lowest BCUT2D eigenvalue weighted by atomic mass is 10.2. The van der Waals surface area contributed by atoms with Crippen molar-refractivity contribution in [2.24, 2.45) is 0 Å². The Kier molecular flexibility index (Phi) is 2.86. The number of halogens is 2. The summed E-state index contributed by atoms with van der Waals surface area (Å²) in [5.74, 6) is -1.50. The number of hydrogen-bond acceptors (Lipinski definition) is 2. The first kappa shape index (κ1) is 11.3. The van der Waals surface area contributed by atoms with Crippen LogP contribution in [-0.4, -0.2) is 9.55 Å². The van der Waals surface area contributed by atoms with E-state index in [0.29, 0.717) is 0 Å². The van der Waals surface area contributed by atoms with Gasteiger partial charge in [0.2, 0.25) is 0 Å². The molecule has 0 spiro atoms. The fourth-order valence-electron chi connectivity index (χ4n) is 1.49. The molecular weight excluding hydrogens is 230 g/mol. The third-order valence-electron chi connectivity index (χ3n) is 2.21. The van der Waals surface area contributed by atoms with Gasteiger partial charge >= 0.3 is 5.69 Å². The zero-order chi connectivity index (χ0) is 12.4. The van der Waals surface area contributed by atoms with E-state index in [1.807, 2.05) is 0 Å². The van der Waals surface area contributed by atoms with Gasteiger partial charge in [0.15, 0.2) is 0 Å². The molecule has 0 atom stereocenters. The predicted molar refractivity (Wildman–Crippen MR) is 56.8 cm³/mol. The van der Waals surface area contributed by atoms with E-state index >= 15 is 0 Å². The average Bonchev–Trinajstić information content (AvgIpc) is 2.22. The highest BCUT2D eigenvalue weighted by Gasteiger charge is 2.04. The highest BCUT2D eigenvalue weighted by atomic mass is 19.1. The molecule has 1 N–H and O–H groups in total. The molecule has 1 aromatic heterocycles. The second kappa shape index (κ2) is 4.32. The Labute approximate surface area is 94.2 Å². The first-order chi connectivity index (χ1) is 8.06.